The van der Waals surface area contributed by atoms with Crippen molar-refractivity contribution in [3.05, 3.63) is 95.8 Å². The van der Waals surface area contributed by atoms with Crippen LogP contribution in [0.3, 0.4) is 0 Å². The lowest BCUT2D eigenvalue weighted by molar-refractivity contribution is -0.202. The van der Waals surface area contributed by atoms with E-state index < -0.39 is 30.1 Å². The fraction of sp³-hybridized carbons (Fsp3) is 0.323. The largest absolute Gasteiger partial charge is 0.459 e. The van der Waals surface area contributed by atoms with Gasteiger partial charge in [-0.3, -0.25) is 9.59 Å². The lowest BCUT2D eigenvalue weighted by Crippen LogP contribution is -2.46. The molecular weight excluding hydrogens is 531 g/mol. The molecule has 3 aromatic carbocycles. The van der Waals surface area contributed by atoms with Gasteiger partial charge < -0.3 is 29.2 Å². The van der Waals surface area contributed by atoms with E-state index in [1.807, 2.05) is 30.3 Å². The van der Waals surface area contributed by atoms with Crippen LogP contribution in [-0.4, -0.2) is 61.3 Å². The molecule has 0 spiro atoms. The quantitative estimate of drug-likeness (QED) is 0.392. The van der Waals surface area contributed by atoms with Crippen LogP contribution in [-0.2, 0) is 30.4 Å². The van der Waals surface area contributed by atoms with Crippen molar-refractivity contribution in [2.75, 3.05) is 26.3 Å². The van der Waals surface area contributed by atoms with Crippen LogP contribution in [0.4, 0.5) is 4.39 Å². The molecule has 0 aliphatic carbocycles. The van der Waals surface area contributed by atoms with Gasteiger partial charge in [-0.2, -0.15) is 0 Å². The zero-order chi connectivity index (χ0) is 28.6. The Hall–Kier alpha value is -4.28. The van der Waals surface area contributed by atoms with Gasteiger partial charge in [0.25, 0.3) is 5.91 Å². The molecule has 41 heavy (non-hydrogen) atoms. The molecule has 2 atom stereocenters. The molecule has 0 bridgehead atoms. The number of likely N-dealkylation sites (tertiary alicyclic amines) is 1. The predicted molar refractivity (Wildman–Crippen MR) is 145 cm³/mol. The van der Waals surface area contributed by atoms with Crippen molar-refractivity contribution in [1.29, 1.82) is 0 Å². The third kappa shape index (κ3) is 7.47. The smallest absolute Gasteiger partial charge is 0.329 e. The monoisotopic (exact) mass is 562 g/mol. The topological polar surface area (TPSA) is 103 Å². The minimum Gasteiger partial charge on any atom is -0.459 e. The zero-order valence-electron chi connectivity index (χ0n) is 22.4. The molecule has 3 aromatic rings. The van der Waals surface area contributed by atoms with E-state index in [2.05, 4.69) is 5.32 Å². The van der Waals surface area contributed by atoms with Gasteiger partial charge in [0.2, 0.25) is 5.91 Å². The Bertz CT molecular complexity index is 1330. The first-order valence-corrected chi connectivity index (χ1v) is 13.5. The van der Waals surface area contributed by atoms with E-state index in [1.54, 1.807) is 24.3 Å². The summed E-state index contributed by atoms with van der Waals surface area (Å²) in [5, 5.41) is 2.64. The van der Waals surface area contributed by atoms with Gasteiger partial charge in [-0.1, -0.05) is 30.3 Å². The van der Waals surface area contributed by atoms with Crippen molar-refractivity contribution < 1.29 is 37.7 Å². The molecule has 2 aliphatic heterocycles. The van der Waals surface area contributed by atoms with Crippen LogP contribution in [0.25, 0.3) is 0 Å². The van der Waals surface area contributed by atoms with Crippen LogP contribution in [0.1, 0.15) is 28.8 Å². The second-order valence-electron chi connectivity index (χ2n) is 9.88. The Morgan fingerprint density at radius 3 is 2.24 bits per heavy atom. The molecule has 5 rings (SSSR count). The highest BCUT2D eigenvalue weighted by atomic mass is 19.1. The van der Waals surface area contributed by atoms with Crippen LogP contribution < -0.4 is 10.1 Å². The van der Waals surface area contributed by atoms with E-state index in [-0.39, 0.29) is 31.4 Å². The van der Waals surface area contributed by atoms with E-state index in [1.165, 1.54) is 29.2 Å². The number of amides is 2. The fourth-order valence-corrected chi connectivity index (χ4v) is 4.84. The summed E-state index contributed by atoms with van der Waals surface area (Å²) in [5.41, 5.74) is 1.17. The van der Waals surface area contributed by atoms with Crippen molar-refractivity contribution in [3.63, 3.8) is 0 Å². The van der Waals surface area contributed by atoms with E-state index in [4.69, 9.17) is 18.9 Å². The van der Waals surface area contributed by atoms with E-state index in [9.17, 15) is 18.8 Å². The number of benzene rings is 3. The molecular formula is C31H31FN2O7. The molecule has 2 saturated heterocycles. The molecule has 2 fully saturated rings. The summed E-state index contributed by atoms with van der Waals surface area (Å²) in [7, 11) is 0. The molecule has 2 aliphatic rings. The van der Waals surface area contributed by atoms with E-state index in [0.29, 0.717) is 36.7 Å². The molecule has 9 nitrogen and oxygen atoms in total. The number of nitrogens with one attached hydrogen (secondary N) is 1. The van der Waals surface area contributed by atoms with Gasteiger partial charge in [0.1, 0.15) is 30.0 Å². The number of esters is 1. The lowest BCUT2D eigenvalue weighted by Gasteiger charge is -2.28. The summed E-state index contributed by atoms with van der Waals surface area (Å²) in [6.45, 7) is 1.16. The molecule has 10 heteroatoms. The van der Waals surface area contributed by atoms with Crippen LogP contribution in [0.5, 0.6) is 11.5 Å². The first-order chi connectivity index (χ1) is 20.0. The molecule has 2 heterocycles. The van der Waals surface area contributed by atoms with E-state index in [0.717, 1.165) is 12.0 Å². The lowest BCUT2D eigenvalue weighted by atomic mass is 10.0. The van der Waals surface area contributed by atoms with Crippen molar-refractivity contribution in [1.82, 2.24) is 10.2 Å². The maximum Gasteiger partial charge on any atom is 0.329 e. The van der Waals surface area contributed by atoms with Crippen molar-refractivity contribution in [3.8, 4) is 11.5 Å². The van der Waals surface area contributed by atoms with Crippen LogP contribution >= 0.6 is 0 Å². The Kier molecular flexibility index (Phi) is 9.22. The number of hydrogen-bond donors (Lipinski definition) is 1. The van der Waals surface area contributed by atoms with Gasteiger partial charge >= 0.3 is 5.97 Å². The minimum absolute atomic E-state index is 0.0942. The Morgan fingerprint density at radius 1 is 0.902 bits per heavy atom. The summed E-state index contributed by atoms with van der Waals surface area (Å²) in [5.74, 6) is -1.01. The van der Waals surface area contributed by atoms with Gasteiger partial charge in [0.15, 0.2) is 6.29 Å². The number of ether oxygens (including phenoxy) is 4. The van der Waals surface area contributed by atoms with Gasteiger partial charge in [0, 0.05) is 18.0 Å². The molecule has 2 amide bonds. The summed E-state index contributed by atoms with van der Waals surface area (Å²) >= 11 is 0. The predicted octanol–water partition coefficient (Wildman–Crippen LogP) is 4.07. The van der Waals surface area contributed by atoms with Gasteiger partial charge in [-0.15, -0.1) is 0 Å². The highest BCUT2D eigenvalue weighted by molar-refractivity contribution is 5.97. The average Bonchev–Trinajstić information content (AvgIpc) is 3.47. The summed E-state index contributed by atoms with van der Waals surface area (Å²) in [6.07, 6.45) is 0.629. The standard InChI is InChI=1S/C31H31FN2O7/c32-24-9-13-26(14-10-24)41-25-11-7-22(8-12-25)29(36)33-18-28(35)34-19-23(31-38-15-4-16-39-31)17-27(34)30(37)40-20-21-5-2-1-3-6-21/h1-3,5-14,23,27,31H,4,15-20H2,(H,33,36)/t23-,27+/m1/s1. The average molecular weight is 563 g/mol. The highest BCUT2D eigenvalue weighted by Gasteiger charge is 2.44. The van der Waals surface area contributed by atoms with Gasteiger partial charge in [0.05, 0.1) is 19.8 Å². The van der Waals surface area contributed by atoms with E-state index >= 15 is 0 Å². The van der Waals surface area contributed by atoms with Gasteiger partial charge in [-0.25, -0.2) is 9.18 Å². The number of carbonyl (C=O) groups excluding carboxylic acids is 3. The first-order valence-electron chi connectivity index (χ1n) is 13.5. The number of rotatable bonds is 9. The Morgan fingerprint density at radius 2 is 1.56 bits per heavy atom. The molecule has 0 aromatic heterocycles. The fourth-order valence-electron chi connectivity index (χ4n) is 4.84. The minimum atomic E-state index is -0.815. The number of nitrogens with zero attached hydrogens (tertiary/aromatic N) is 1. The zero-order valence-corrected chi connectivity index (χ0v) is 22.4. The summed E-state index contributed by atoms with van der Waals surface area (Å²) < 4.78 is 35.8. The SMILES string of the molecule is O=C(NCC(=O)N1C[C@H](C2OCCCO2)C[C@H]1C(=O)OCc1ccccc1)c1ccc(Oc2ccc(F)cc2)cc1. The third-order valence-electron chi connectivity index (χ3n) is 6.95. The van der Waals surface area contributed by atoms with Crippen LogP contribution in [0.15, 0.2) is 78.9 Å². The molecule has 1 N–H and O–H groups in total. The Balaban J connectivity index is 1.18. The second-order valence-corrected chi connectivity index (χ2v) is 9.88. The number of halogens is 1. The maximum atomic E-state index is 13.3. The number of carbonyl (C=O) groups is 3. The first kappa shape index (κ1) is 28.3. The maximum absolute atomic E-state index is 13.3. The summed E-state index contributed by atoms with van der Waals surface area (Å²) in [4.78, 5) is 40.5. The van der Waals surface area contributed by atoms with Crippen molar-refractivity contribution in [2.45, 2.75) is 31.8 Å². The van der Waals surface area contributed by atoms with Crippen LogP contribution in [0, 0.1) is 11.7 Å². The normalized spacial score (nSPS) is 19.0. The highest BCUT2D eigenvalue weighted by Crippen LogP contribution is 2.30. The molecule has 214 valence electrons. The third-order valence-corrected chi connectivity index (χ3v) is 6.95. The number of hydrogen-bond acceptors (Lipinski definition) is 7. The Labute approximate surface area is 237 Å². The van der Waals surface area contributed by atoms with Crippen LogP contribution in [0.2, 0.25) is 0 Å². The molecule has 0 radical (unpaired) electrons. The van der Waals surface area contributed by atoms with Crippen molar-refractivity contribution in [2.24, 2.45) is 5.92 Å². The molecule has 0 unspecified atom stereocenters. The second kappa shape index (κ2) is 13.4. The summed E-state index contributed by atoms with van der Waals surface area (Å²) in [6, 6.07) is 20.4. The van der Waals surface area contributed by atoms with Crippen molar-refractivity contribution >= 4 is 17.8 Å². The molecule has 0 saturated carbocycles. The van der Waals surface area contributed by atoms with Gasteiger partial charge in [-0.05, 0) is 66.9 Å².